The van der Waals surface area contributed by atoms with Crippen molar-refractivity contribution in [2.75, 3.05) is 18.6 Å². The summed E-state index contributed by atoms with van der Waals surface area (Å²) in [6, 6.07) is 2.65. The van der Waals surface area contributed by atoms with E-state index in [1.807, 2.05) is 13.0 Å². The average molecular weight is 277 g/mol. The number of benzene rings is 1. The fraction of sp³-hybridized carbons (Fsp3) is 0.200. The molecule has 1 aromatic carbocycles. The van der Waals surface area contributed by atoms with Gasteiger partial charge in [0.05, 0.1) is 25.2 Å². The minimum Gasteiger partial charge on any atom is -0.494 e. The fourth-order valence-electron chi connectivity index (χ4n) is 1.89. The van der Waals surface area contributed by atoms with Gasteiger partial charge in [-0.05, 0) is 30.7 Å². The molecule has 4 nitrogen and oxygen atoms in total. The van der Waals surface area contributed by atoms with E-state index in [2.05, 4.69) is 0 Å². The summed E-state index contributed by atoms with van der Waals surface area (Å²) < 4.78 is 17.8. The number of hydrogen-bond acceptors (Lipinski definition) is 4. The van der Waals surface area contributed by atoms with Crippen LogP contribution in [0.1, 0.15) is 18.5 Å². The highest BCUT2D eigenvalue weighted by Gasteiger charge is 2.19. The van der Waals surface area contributed by atoms with Crippen molar-refractivity contribution in [3.8, 4) is 5.75 Å². The van der Waals surface area contributed by atoms with Crippen LogP contribution in [0.2, 0.25) is 0 Å². The number of allylic oxidation sites excluding steroid dienone is 3. The Bertz CT molecular complexity index is 550. The number of anilines is 2. The van der Waals surface area contributed by atoms with E-state index in [1.165, 1.54) is 13.2 Å². The number of nitrogen functional groups attached to an aromatic ring is 2. The summed E-state index contributed by atoms with van der Waals surface area (Å²) in [4.78, 5) is 0. The van der Waals surface area contributed by atoms with Crippen molar-refractivity contribution >= 4 is 11.4 Å². The maximum absolute atomic E-state index is 12.5. The lowest BCUT2D eigenvalue weighted by atomic mass is 9.95. The van der Waals surface area contributed by atoms with Crippen LogP contribution in [0.4, 0.5) is 15.8 Å². The Hall–Kier alpha value is -2.27. The lowest BCUT2D eigenvalue weighted by Crippen LogP contribution is -2.16. The van der Waals surface area contributed by atoms with Gasteiger partial charge in [-0.3, -0.25) is 0 Å². The molecule has 0 aliphatic carbocycles. The van der Waals surface area contributed by atoms with Gasteiger partial charge in [0.15, 0.2) is 0 Å². The van der Waals surface area contributed by atoms with Gasteiger partial charge in [-0.15, -0.1) is 0 Å². The quantitative estimate of drug-likeness (QED) is 0.570. The minimum atomic E-state index is -0.642. The molecule has 0 radical (unpaired) electrons. The highest BCUT2D eigenvalue weighted by Crippen LogP contribution is 2.37. The van der Waals surface area contributed by atoms with Crippen LogP contribution in [0.15, 0.2) is 48.3 Å². The van der Waals surface area contributed by atoms with E-state index in [4.69, 9.17) is 21.9 Å². The van der Waals surface area contributed by atoms with Crippen LogP contribution < -0.4 is 21.9 Å². The molecule has 0 bridgehead atoms. The first kappa shape index (κ1) is 15.8. The third-order valence-corrected chi connectivity index (χ3v) is 2.87. The molecule has 0 saturated heterocycles. The molecule has 1 rings (SSSR count). The van der Waals surface area contributed by atoms with Gasteiger partial charge in [-0.1, -0.05) is 18.2 Å². The second kappa shape index (κ2) is 7.35. The minimum absolute atomic E-state index is 0.413. The summed E-state index contributed by atoms with van der Waals surface area (Å²) in [6.45, 7) is 1.86. The van der Waals surface area contributed by atoms with Crippen molar-refractivity contribution in [1.29, 1.82) is 0 Å². The van der Waals surface area contributed by atoms with Crippen LogP contribution in [-0.4, -0.2) is 7.11 Å². The molecule has 0 fully saturated rings. The van der Waals surface area contributed by atoms with E-state index in [1.54, 1.807) is 24.3 Å². The largest absolute Gasteiger partial charge is 0.494 e. The number of rotatable bonds is 5. The van der Waals surface area contributed by atoms with Crippen LogP contribution >= 0.6 is 0 Å². The Morgan fingerprint density at radius 1 is 1.30 bits per heavy atom. The average Bonchev–Trinajstić information content (AvgIpc) is 2.44. The van der Waals surface area contributed by atoms with Crippen molar-refractivity contribution < 1.29 is 9.13 Å². The Morgan fingerprint density at radius 3 is 2.50 bits per heavy atom. The molecule has 1 aromatic rings. The van der Waals surface area contributed by atoms with Gasteiger partial charge < -0.3 is 21.9 Å². The topological polar surface area (TPSA) is 87.3 Å². The SMILES string of the molecule is C\C=C/C=C(\C=C\F)C(N)c1c(N)ccc(N)c1OC. The van der Waals surface area contributed by atoms with E-state index in [0.717, 1.165) is 0 Å². The monoisotopic (exact) mass is 277 g/mol. The number of halogens is 1. The van der Waals surface area contributed by atoms with Gasteiger partial charge in [-0.25, -0.2) is 4.39 Å². The zero-order chi connectivity index (χ0) is 15.1. The van der Waals surface area contributed by atoms with Gasteiger partial charge in [0.2, 0.25) is 0 Å². The lowest BCUT2D eigenvalue weighted by Gasteiger charge is -2.20. The third kappa shape index (κ3) is 3.39. The van der Waals surface area contributed by atoms with Crippen molar-refractivity contribution in [1.82, 2.24) is 0 Å². The zero-order valence-electron chi connectivity index (χ0n) is 11.6. The van der Waals surface area contributed by atoms with Gasteiger partial charge in [0.1, 0.15) is 5.75 Å². The normalized spacial score (nSPS) is 14.1. The van der Waals surface area contributed by atoms with Crippen molar-refractivity contribution in [3.63, 3.8) is 0 Å². The fourth-order valence-corrected chi connectivity index (χ4v) is 1.89. The predicted octanol–water partition coefficient (Wildman–Crippen LogP) is 2.85. The summed E-state index contributed by atoms with van der Waals surface area (Å²) in [6.07, 6.45) is 7.02. The van der Waals surface area contributed by atoms with Crippen LogP contribution in [0.5, 0.6) is 5.75 Å². The molecule has 0 aromatic heterocycles. The molecule has 0 heterocycles. The highest BCUT2D eigenvalue weighted by molar-refractivity contribution is 5.69. The number of hydrogen-bond donors (Lipinski definition) is 3. The van der Waals surface area contributed by atoms with E-state index in [0.29, 0.717) is 34.6 Å². The van der Waals surface area contributed by atoms with Crippen LogP contribution in [0, 0.1) is 0 Å². The molecule has 108 valence electrons. The molecule has 20 heavy (non-hydrogen) atoms. The van der Waals surface area contributed by atoms with E-state index in [9.17, 15) is 4.39 Å². The van der Waals surface area contributed by atoms with Gasteiger partial charge in [0, 0.05) is 11.3 Å². The molecule has 6 N–H and O–H groups in total. The molecule has 0 amide bonds. The molecular formula is C15H20FN3O. The summed E-state index contributed by atoms with van der Waals surface area (Å²) >= 11 is 0. The highest BCUT2D eigenvalue weighted by atomic mass is 19.1. The van der Waals surface area contributed by atoms with Gasteiger partial charge in [-0.2, -0.15) is 0 Å². The van der Waals surface area contributed by atoms with Crippen LogP contribution in [0.3, 0.4) is 0 Å². The zero-order valence-corrected chi connectivity index (χ0v) is 11.6. The molecule has 1 atom stereocenters. The summed E-state index contributed by atoms with van der Waals surface area (Å²) in [7, 11) is 1.49. The van der Waals surface area contributed by atoms with Gasteiger partial charge >= 0.3 is 0 Å². The predicted molar refractivity (Wildman–Crippen MR) is 81.9 cm³/mol. The second-order valence-electron chi connectivity index (χ2n) is 4.15. The molecule has 0 saturated carbocycles. The van der Waals surface area contributed by atoms with E-state index < -0.39 is 6.04 Å². The molecule has 0 spiro atoms. The maximum Gasteiger partial charge on any atom is 0.148 e. The van der Waals surface area contributed by atoms with Crippen molar-refractivity contribution in [3.05, 3.63) is 53.9 Å². The molecule has 5 heteroatoms. The first-order valence-corrected chi connectivity index (χ1v) is 6.13. The number of methoxy groups -OCH3 is 1. The smallest absolute Gasteiger partial charge is 0.148 e. The van der Waals surface area contributed by atoms with Crippen molar-refractivity contribution in [2.45, 2.75) is 13.0 Å². The standard InChI is InChI=1S/C15H20FN3O/c1-3-4-5-10(8-9-16)14(19)13-11(17)6-7-12(18)15(13)20-2/h3-9,14H,17-19H2,1-2H3/b4-3-,9-8+,10-5+. The summed E-state index contributed by atoms with van der Waals surface area (Å²) in [5, 5.41) is 0. The van der Waals surface area contributed by atoms with Gasteiger partial charge in [0.25, 0.3) is 0 Å². The molecule has 0 aliphatic rings. The van der Waals surface area contributed by atoms with Crippen LogP contribution in [0.25, 0.3) is 0 Å². The maximum atomic E-state index is 12.5. The number of ether oxygens (including phenoxy) is 1. The Labute approximate surface area is 118 Å². The number of nitrogens with two attached hydrogens (primary N) is 3. The van der Waals surface area contributed by atoms with Crippen LogP contribution in [-0.2, 0) is 0 Å². The summed E-state index contributed by atoms with van der Waals surface area (Å²) in [5.41, 5.74) is 20.0. The first-order chi connectivity index (χ1) is 9.56. The molecular weight excluding hydrogens is 257 g/mol. The summed E-state index contributed by atoms with van der Waals surface area (Å²) in [5.74, 6) is 0.413. The Balaban J connectivity index is 3.38. The second-order valence-corrected chi connectivity index (χ2v) is 4.15. The first-order valence-electron chi connectivity index (χ1n) is 6.13. The molecule has 0 aliphatic heterocycles. The molecule has 1 unspecified atom stereocenters. The Kier molecular flexibility index (Phi) is 5.80. The van der Waals surface area contributed by atoms with Crippen molar-refractivity contribution in [2.24, 2.45) is 5.73 Å². The van der Waals surface area contributed by atoms with E-state index >= 15 is 0 Å². The Morgan fingerprint density at radius 2 is 1.95 bits per heavy atom. The van der Waals surface area contributed by atoms with E-state index in [-0.39, 0.29) is 0 Å². The lowest BCUT2D eigenvalue weighted by molar-refractivity contribution is 0.410. The third-order valence-electron chi connectivity index (χ3n) is 2.87.